The van der Waals surface area contributed by atoms with Gasteiger partial charge in [0.2, 0.25) is 0 Å². The zero-order chi connectivity index (χ0) is 38.0. The first-order chi connectivity index (χ1) is 24.6. The molecule has 0 aromatic carbocycles. The van der Waals surface area contributed by atoms with E-state index in [0.717, 1.165) is 51.4 Å². The lowest BCUT2D eigenvalue weighted by Gasteiger charge is -2.18. The Balaban J connectivity index is 3.71. The van der Waals surface area contributed by atoms with Gasteiger partial charge in [0, 0.05) is 12.8 Å². The molecule has 0 saturated carbocycles. The lowest BCUT2D eigenvalue weighted by Crippen LogP contribution is -2.31. The van der Waals surface area contributed by atoms with E-state index in [9.17, 15) is 40.2 Å². The molecule has 0 saturated heterocycles. The maximum atomic E-state index is 11.8. The summed E-state index contributed by atoms with van der Waals surface area (Å²) in [6.45, 7) is 2.62. The van der Waals surface area contributed by atoms with E-state index in [-0.39, 0.29) is 91.2 Å². The normalized spacial score (nSPS) is 15.2. The second kappa shape index (κ2) is 35.5. The summed E-state index contributed by atoms with van der Waals surface area (Å²) < 4.78 is 36.3. The number of carbonyl (C=O) groups is 2. The fourth-order valence-electron chi connectivity index (χ4n) is 4.61. The van der Waals surface area contributed by atoms with Gasteiger partial charge in [-0.05, 0) is 12.8 Å². The number of hydrogen-bond acceptors (Lipinski definition) is 15. The highest BCUT2D eigenvalue weighted by Gasteiger charge is 2.15. The molecule has 0 aliphatic carbocycles. The zero-order valence-electron chi connectivity index (χ0n) is 31.2. The van der Waals surface area contributed by atoms with Crippen molar-refractivity contribution in [2.45, 2.75) is 140 Å². The standard InChI is InChI=1S/C36H70O15/c1-3-5-7-9-10-12-14-16-36(44)51-28-34(42)26-49-24-32(40)22-47-20-30(38)18-45-17-29(37)19-46-21-31(39)23-48-25-33(41)27-50-35(43)15-13-11-8-6-4-2/h29-34,37-42H,3-28H2,1-2H3. The fraction of sp³-hybridized carbons (Fsp3) is 0.944. The van der Waals surface area contributed by atoms with Gasteiger partial charge in [-0.25, -0.2) is 0 Å². The summed E-state index contributed by atoms with van der Waals surface area (Å²) in [5, 5.41) is 59.7. The molecule has 0 fully saturated rings. The van der Waals surface area contributed by atoms with E-state index in [4.69, 9.17) is 33.2 Å². The number of aliphatic hydroxyl groups excluding tert-OH is 6. The van der Waals surface area contributed by atoms with Crippen LogP contribution in [0.25, 0.3) is 0 Å². The average molecular weight is 743 g/mol. The molecule has 0 radical (unpaired) electrons. The number of aliphatic hydroxyl groups is 6. The van der Waals surface area contributed by atoms with Gasteiger partial charge in [-0.15, -0.1) is 0 Å². The van der Waals surface area contributed by atoms with Crippen molar-refractivity contribution in [3.63, 3.8) is 0 Å². The number of rotatable bonds is 38. The van der Waals surface area contributed by atoms with Crippen molar-refractivity contribution < 1.29 is 73.4 Å². The molecule has 6 N–H and O–H groups in total. The second-order valence-corrected chi connectivity index (χ2v) is 13.0. The monoisotopic (exact) mass is 742 g/mol. The molecule has 0 aliphatic heterocycles. The number of esters is 2. The van der Waals surface area contributed by atoms with Gasteiger partial charge in [-0.2, -0.15) is 0 Å². The third-order valence-corrected chi connectivity index (χ3v) is 7.44. The highest BCUT2D eigenvalue weighted by molar-refractivity contribution is 5.69. The van der Waals surface area contributed by atoms with Crippen LogP contribution < -0.4 is 0 Å². The first-order valence-electron chi connectivity index (χ1n) is 18.9. The number of unbranched alkanes of at least 4 members (excludes halogenated alkanes) is 10. The van der Waals surface area contributed by atoms with Crippen molar-refractivity contribution >= 4 is 11.9 Å². The Morgan fingerprint density at radius 1 is 0.353 bits per heavy atom. The Bertz CT molecular complexity index is 790. The van der Waals surface area contributed by atoms with Gasteiger partial charge in [-0.3, -0.25) is 9.59 Å². The first-order valence-corrected chi connectivity index (χ1v) is 18.9. The quantitative estimate of drug-likeness (QED) is 0.0393. The van der Waals surface area contributed by atoms with Crippen molar-refractivity contribution in [3.05, 3.63) is 0 Å². The molecule has 15 heteroatoms. The topological polar surface area (TPSA) is 220 Å². The van der Waals surface area contributed by atoms with Gasteiger partial charge < -0.3 is 63.8 Å². The van der Waals surface area contributed by atoms with E-state index in [2.05, 4.69) is 13.8 Å². The molecule has 0 aromatic heterocycles. The Labute approximate surface area is 304 Å². The minimum absolute atomic E-state index is 0.124. The molecule has 15 nitrogen and oxygen atoms in total. The number of carbonyl (C=O) groups excluding carboxylic acids is 2. The first kappa shape index (κ1) is 49.5. The fourth-order valence-corrected chi connectivity index (χ4v) is 4.61. The highest BCUT2D eigenvalue weighted by atomic mass is 16.6. The summed E-state index contributed by atoms with van der Waals surface area (Å²) in [5.41, 5.74) is 0. The van der Waals surface area contributed by atoms with Crippen LogP contribution in [0.15, 0.2) is 0 Å². The van der Waals surface area contributed by atoms with E-state index < -0.39 is 36.6 Å². The predicted molar refractivity (Wildman–Crippen MR) is 188 cm³/mol. The van der Waals surface area contributed by atoms with Crippen molar-refractivity contribution in [2.24, 2.45) is 0 Å². The smallest absolute Gasteiger partial charge is 0.305 e. The summed E-state index contributed by atoms with van der Waals surface area (Å²) in [6, 6.07) is 0. The van der Waals surface area contributed by atoms with Gasteiger partial charge in [-0.1, -0.05) is 78.1 Å². The molecule has 6 unspecified atom stereocenters. The maximum absolute atomic E-state index is 11.8. The van der Waals surface area contributed by atoms with Gasteiger partial charge in [0.05, 0.1) is 66.1 Å². The van der Waals surface area contributed by atoms with Crippen LogP contribution in [-0.2, 0) is 42.7 Å². The van der Waals surface area contributed by atoms with E-state index in [1.807, 2.05) is 0 Å². The van der Waals surface area contributed by atoms with E-state index >= 15 is 0 Å². The summed E-state index contributed by atoms with van der Waals surface area (Å²) >= 11 is 0. The number of ether oxygens (including phenoxy) is 7. The van der Waals surface area contributed by atoms with Crippen LogP contribution in [0.2, 0.25) is 0 Å². The van der Waals surface area contributed by atoms with Crippen LogP contribution in [0.4, 0.5) is 0 Å². The number of hydrogen-bond donors (Lipinski definition) is 6. The van der Waals surface area contributed by atoms with Gasteiger partial charge in [0.25, 0.3) is 0 Å². The van der Waals surface area contributed by atoms with Crippen LogP contribution >= 0.6 is 0 Å². The lowest BCUT2D eigenvalue weighted by atomic mass is 10.1. The molecule has 6 atom stereocenters. The minimum atomic E-state index is -1.02. The molecule has 0 heterocycles. The molecule has 0 amide bonds. The van der Waals surface area contributed by atoms with Crippen LogP contribution in [-0.4, -0.2) is 158 Å². The summed E-state index contributed by atoms with van der Waals surface area (Å²) in [4.78, 5) is 23.5. The summed E-state index contributed by atoms with van der Waals surface area (Å²) in [5.74, 6) is -0.711. The molecule has 0 spiro atoms. The zero-order valence-corrected chi connectivity index (χ0v) is 31.2. The van der Waals surface area contributed by atoms with E-state index in [0.29, 0.717) is 12.8 Å². The van der Waals surface area contributed by atoms with Crippen LogP contribution in [0.3, 0.4) is 0 Å². The molecule has 0 bridgehead atoms. The Hall–Kier alpha value is -1.50. The van der Waals surface area contributed by atoms with Crippen LogP contribution in [0, 0.1) is 0 Å². The maximum Gasteiger partial charge on any atom is 0.305 e. The Morgan fingerprint density at radius 2 is 0.569 bits per heavy atom. The lowest BCUT2D eigenvalue weighted by molar-refractivity contribution is -0.149. The van der Waals surface area contributed by atoms with Crippen molar-refractivity contribution in [1.82, 2.24) is 0 Å². The van der Waals surface area contributed by atoms with Crippen LogP contribution in [0.1, 0.15) is 104 Å². The SMILES string of the molecule is CCCCCCCCCC(=O)OCC(O)COCC(O)COCC(O)COCC(O)COCC(O)COCC(O)COC(=O)CCCCCCC. The predicted octanol–water partition coefficient (Wildman–Crippen LogP) is 1.82. The van der Waals surface area contributed by atoms with E-state index in [1.165, 1.54) is 25.7 Å². The molecular weight excluding hydrogens is 672 g/mol. The van der Waals surface area contributed by atoms with Crippen molar-refractivity contribution in [3.8, 4) is 0 Å². The summed E-state index contributed by atoms with van der Waals surface area (Å²) in [7, 11) is 0. The van der Waals surface area contributed by atoms with Crippen molar-refractivity contribution in [1.29, 1.82) is 0 Å². The van der Waals surface area contributed by atoms with E-state index in [1.54, 1.807) is 0 Å². The molecule has 51 heavy (non-hydrogen) atoms. The Morgan fingerprint density at radius 3 is 0.824 bits per heavy atom. The second-order valence-electron chi connectivity index (χ2n) is 13.0. The largest absolute Gasteiger partial charge is 0.463 e. The van der Waals surface area contributed by atoms with Gasteiger partial charge in [0.1, 0.15) is 49.8 Å². The average Bonchev–Trinajstić information content (AvgIpc) is 3.09. The van der Waals surface area contributed by atoms with Gasteiger partial charge in [0.15, 0.2) is 0 Å². The molecule has 0 aromatic rings. The Kier molecular flexibility index (Phi) is 34.5. The van der Waals surface area contributed by atoms with Crippen LogP contribution in [0.5, 0.6) is 0 Å². The highest BCUT2D eigenvalue weighted by Crippen LogP contribution is 2.09. The summed E-state index contributed by atoms with van der Waals surface area (Å²) in [6.07, 6.45) is 7.35. The van der Waals surface area contributed by atoms with Crippen molar-refractivity contribution in [2.75, 3.05) is 79.3 Å². The van der Waals surface area contributed by atoms with Gasteiger partial charge >= 0.3 is 11.9 Å². The minimum Gasteiger partial charge on any atom is -0.463 e. The molecule has 304 valence electrons. The molecular formula is C36H70O15. The molecule has 0 aliphatic rings. The third kappa shape index (κ3) is 35.3. The molecule has 0 rings (SSSR count). The third-order valence-electron chi connectivity index (χ3n) is 7.44.